The van der Waals surface area contributed by atoms with Crippen LogP contribution in [0, 0.1) is 11.8 Å². The molecule has 0 aromatic heterocycles. The number of hydrogen-bond donors (Lipinski definition) is 1. The van der Waals surface area contributed by atoms with Gasteiger partial charge in [-0.05, 0) is 24.7 Å². The Balaban J connectivity index is 1.83. The van der Waals surface area contributed by atoms with E-state index in [9.17, 15) is 0 Å². The molecule has 0 aromatic carbocycles. The van der Waals surface area contributed by atoms with E-state index in [1.807, 2.05) is 0 Å². The maximum absolute atomic E-state index is 5.83. The first-order valence-corrected chi connectivity index (χ1v) is 4.13. The van der Waals surface area contributed by atoms with Crippen LogP contribution in [0.3, 0.4) is 0 Å². The third kappa shape index (κ3) is 0.787. The van der Waals surface area contributed by atoms with Crippen LogP contribution in [-0.2, 0) is 0 Å². The molecule has 1 heteroatoms. The van der Waals surface area contributed by atoms with Gasteiger partial charge in [-0.25, -0.2) is 0 Å². The van der Waals surface area contributed by atoms with E-state index >= 15 is 0 Å². The van der Waals surface area contributed by atoms with Crippen molar-refractivity contribution in [1.29, 1.82) is 0 Å². The zero-order chi connectivity index (χ0) is 6.27. The summed E-state index contributed by atoms with van der Waals surface area (Å²) >= 11 is 0. The summed E-state index contributed by atoms with van der Waals surface area (Å²) in [5.74, 6) is 1.97. The average Bonchev–Trinajstić information content (AvgIpc) is 1.74. The third-order valence-corrected chi connectivity index (χ3v) is 3.14. The van der Waals surface area contributed by atoms with Crippen LogP contribution >= 0.6 is 0 Å². The lowest BCUT2D eigenvalue weighted by Crippen LogP contribution is -2.45. The first kappa shape index (κ1) is 5.72. The van der Waals surface area contributed by atoms with Crippen LogP contribution in [0.25, 0.3) is 0 Å². The smallest absolute Gasteiger partial charge is 0.00699 e. The molecule has 9 heavy (non-hydrogen) atoms. The highest BCUT2D eigenvalue weighted by Crippen LogP contribution is 2.42. The van der Waals surface area contributed by atoms with Crippen molar-refractivity contribution in [3.63, 3.8) is 0 Å². The maximum atomic E-state index is 5.83. The van der Waals surface area contributed by atoms with Gasteiger partial charge in [-0.15, -0.1) is 0 Å². The van der Waals surface area contributed by atoms with Crippen LogP contribution in [0.2, 0.25) is 0 Å². The minimum Gasteiger partial charge on any atom is -0.327 e. The van der Waals surface area contributed by atoms with Gasteiger partial charge in [0.15, 0.2) is 0 Å². The third-order valence-electron chi connectivity index (χ3n) is 3.14. The molecular formula is C8H15N. The standard InChI is InChI=1S/C8H15N/c9-8-5-4-7(8)6-2-1-3-6/h6-8H,1-5,9H2/t7-,8-/m0/s1. The molecule has 0 unspecified atom stereocenters. The first-order valence-electron chi connectivity index (χ1n) is 4.13. The van der Waals surface area contributed by atoms with Crippen molar-refractivity contribution in [2.75, 3.05) is 0 Å². The summed E-state index contributed by atoms with van der Waals surface area (Å²) in [6.07, 6.45) is 7.12. The molecule has 2 aliphatic rings. The Morgan fingerprint density at radius 1 is 1.00 bits per heavy atom. The summed E-state index contributed by atoms with van der Waals surface area (Å²) < 4.78 is 0. The van der Waals surface area contributed by atoms with Gasteiger partial charge in [0.05, 0.1) is 0 Å². The lowest BCUT2D eigenvalue weighted by atomic mass is 9.64. The largest absolute Gasteiger partial charge is 0.327 e. The quantitative estimate of drug-likeness (QED) is 0.565. The summed E-state index contributed by atoms with van der Waals surface area (Å²) in [6.45, 7) is 0. The van der Waals surface area contributed by atoms with Crippen LogP contribution in [0.4, 0.5) is 0 Å². The van der Waals surface area contributed by atoms with Crippen LogP contribution in [0.5, 0.6) is 0 Å². The molecule has 2 N–H and O–H groups in total. The van der Waals surface area contributed by atoms with E-state index in [2.05, 4.69) is 0 Å². The van der Waals surface area contributed by atoms with Crippen molar-refractivity contribution < 1.29 is 0 Å². The molecule has 0 saturated heterocycles. The highest BCUT2D eigenvalue weighted by molar-refractivity contribution is 4.91. The van der Waals surface area contributed by atoms with Crippen molar-refractivity contribution in [2.24, 2.45) is 17.6 Å². The Morgan fingerprint density at radius 2 is 1.78 bits per heavy atom. The van der Waals surface area contributed by atoms with Gasteiger partial charge in [-0.2, -0.15) is 0 Å². The summed E-state index contributed by atoms with van der Waals surface area (Å²) in [4.78, 5) is 0. The van der Waals surface area contributed by atoms with Crippen LogP contribution in [0.1, 0.15) is 32.1 Å². The Labute approximate surface area is 56.6 Å². The molecule has 0 amide bonds. The van der Waals surface area contributed by atoms with Gasteiger partial charge in [0.1, 0.15) is 0 Å². The Hall–Kier alpha value is -0.0400. The van der Waals surface area contributed by atoms with Crippen molar-refractivity contribution in [3.8, 4) is 0 Å². The average molecular weight is 125 g/mol. The minimum atomic E-state index is 0.579. The molecule has 2 fully saturated rings. The van der Waals surface area contributed by atoms with Crippen LogP contribution in [-0.4, -0.2) is 6.04 Å². The predicted molar refractivity (Wildman–Crippen MR) is 38.0 cm³/mol. The van der Waals surface area contributed by atoms with E-state index in [-0.39, 0.29) is 0 Å². The van der Waals surface area contributed by atoms with Crippen LogP contribution < -0.4 is 5.73 Å². The second-order valence-corrected chi connectivity index (χ2v) is 3.60. The Kier molecular flexibility index (Phi) is 1.26. The van der Waals surface area contributed by atoms with E-state index in [0.29, 0.717) is 6.04 Å². The predicted octanol–water partition coefficient (Wildman–Crippen LogP) is 1.52. The van der Waals surface area contributed by atoms with E-state index in [1.165, 1.54) is 32.1 Å². The Morgan fingerprint density at radius 3 is 1.89 bits per heavy atom. The van der Waals surface area contributed by atoms with Gasteiger partial charge < -0.3 is 5.73 Å². The molecule has 0 heterocycles. The fourth-order valence-electron chi connectivity index (χ4n) is 2.00. The van der Waals surface area contributed by atoms with Crippen molar-refractivity contribution in [2.45, 2.75) is 38.1 Å². The second-order valence-electron chi connectivity index (χ2n) is 3.60. The second kappa shape index (κ2) is 1.98. The summed E-state index contributed by atoms with van der Waals surface area (Å²) in [6, 6.07) is 0.579. The fraction of sp³-hybridized carbons (Fsp3) is 1.00. The highest BCUT2D eigenvalue weighted by atomic mass is 14.7. The van der Waals surface area contributed by atoms with Crippen molar-refractivity contribution >= 4 is 0 Å². The molecule has 2 rings (SSSR count). The normalized spacial score (nSPS) is 43.7. The molecule has 2 atom stereocenters. The maximum Gasteiger partial charge on any atom is 0.00699 e. The van der Waals surface area contributed by atoms with Gasteiger partial charge in [0, 0.05) is 6.04 Å². The molecule has 0 spiro atoms. The molecule has 1 nitrogen and oxygen atoms in total. The van der Waals surface area contributed by atoms with Crippen molar-refractivity contribution in [3.05, 3.63) is 0 Å². The van der Waals surface area contributed by atoms with E-state index in [1.54, 1.807) is 0 Å². The minimum absolute atomic E-state index is 0.579. The zero-order valence-electron chi connectivity index (χ0n) is 5.84. The fourth-order valence-corrected chi connectivity index (χ4v) is 2.00. The Bertz CT molecular complexity index is 107. The molecule has 2 aliphatic carbocycles. The van der Waals surface area contributed by atoms with Gasteiger partial charge >= 0.3 is 0 Å². The molecule has 0 radical (unpaired) electrons. The first-order chi connectivity index (χ1) is 4.38. The number of hydrogen-bond acceptors (Lipinski definition) is 1. The topological polar surface area (TPSA) is 26.0 Å². The van der Waals surface area contributed by atoms with Gasteiger partial charge in [-0.3, -0.25) is 0 Å². The molecular weight excluding hydrogens is 110 g/mol. The summed E-state index contributed by atoms with van der Waals surface area (Å²) in [7, 11) is 0. The van der Waals surface area contributed by atoms with E-state index in [0.717, 1.165) is 11.8 Å². The van der Waals surface area contributed by atoms with Crippen LogP contribution in [0.15, 0.2) is 0 Å². The molecule has 0 aliphatic heterocycles. The zero-order valence-corrected chi connectivity index (χ0v) is 5.84. The summed E-state index contributed by atoms with van der Waals surface area (Å²) in [5.41, 5.74) is 5.83. The lowest BCUT2D eigenvalue weighted by molar-refractivity contribution is 0.103. The van der Waals surface area contributed by atoms with Crippen molar-refractivity contribution in [1.82, 2.24) is 0 Å². The number of nitrogens with two attached hydrogens (primary N) is 1. The SMILES string of the molecule is N[C@H]1CC[C@H]1C1CCC1. The van der Waals surface area contributed by atoms with Gasteiger partial charge in [0.25, 0.3) is 0 Å². The molecule has 0 aromatic rings. The molecule has 52 valence electrons. The number of rotatable bonds is 1. The van der Waals surface area contributed by atoms with Gasteiger partial charge in [-0.1, -0.05) is 19.3 Å². The monoisotopic (exact) mass is 125 g/mol. The summed E-state index contributed by atoms with van der Waals surface area (Å²) in [5, 5.41) is 0. The molecule has 2 saturated carbocycles. The lowest BCUT2D eigenvalue weighted by Gasteiger charge is -2.43. The van der Waals surface area contributed by atoms with Gasteiger partial charge in [0.2, 0.25) is 0 Å². The highest BCUT2D eigenvalue weighted by Gasteiger charge is 2.36. The van der Waals surface area contributed by atoms with E-state index < -0.39 is 0 Å². The van der Waals surface area contributed by atoms with E-state index in [4.69, 9.17) is 5.73 Å². The molecule has 0 bridgehead atoms.